The average molecular weight is 472 g/mol. The highest BCUT2D eigenvalue weighted by Crippen LogP contribution is 2.36. The fourth-order valence-electron chi connectivity index (χ4n) is 4.09. The van der Waals surface area contributed by atoms with E-state index in [4.69, 9.17) is 21.3 Å². The number of ether oxygens (including phenoxy) is 1. The third-order valence-electron chi connectivity index (χ3n) is 5.77. The van der Waals surface area contributed by atoms with Crippen LogP contribution in [-0.4, -0.2) is 54.2 Å². The second-order valence-corrected chi connectivity index (χ2v) is 8.90. The van der Waals surface area contributed by atoms with Crippen molar-refractivity contribution in [2.24, 2.45) is 0 Å². The minimum absolute atomic E-state index is 0.226. The van der Waals surface area contributed by atoms with Crippen LogP contribution in [-0.2, 0) is 0 Å². The summed E-state index contributed by atoms with van der Waals surface area (Å²) >= 11 is 9.47. The normalized spacial score (nSPS) is 21.3. The molecule has 0 radical (unpaired) electrons. The number of hydrogen-bond acceptors (Lipinski definition) is 5. The average Bonchev–Trinajstić information content (AvgIpc) is 2.93. The predicted octanol–water partition coefficient (Wildman–Crippen LogP) is 5.04. The van der Waals surface area contributed by atoms with Crippen LogP contribution < -0.4 is 9.64 Å². The van der Waals surface area contributed by atoms with Gasteiger partial charge in [0.25, 0.3) is 0 Å². The summed E-state index contributed by atoms with van der Waals surface area (Å²) in [4.78, 5) is 13.6. The lowest BCUT2D eigenvalue weighted by Gasteiger charge is -2.24. The number of fused-ring (bicyclic) bond motifs is 1. The summed E-state index contributed by atoms with van der Waals surface area (Å²) in [6.07, 6.45) is 6.87. The Morgan fingerprint density at radius 1 is 1.18 bits per heavy atom. The van der Waals surface area contributed by atoms with E-state index < -0.39 is 5.82 Å². The molecule has 5 nitrogen and oxygen atoms in total. The predicted molar refractivity (Wildman–Crippen MR) is 114 cm³/mol. The first-order valence-corrected chi connectivity index (χ1v) is 11.1. The van der Waals surface area contributed by atoms with E-state index in [2.05, 4.69) is 37.8 Å². The van der Waals surface area contributed by atoms with Gasteiger partial charge in [-0.3, -0.25) is 0 Å². The largest absolute Gasteiger partial charge is 0.462 e. The van der Waals surface area contributed by atoms with Crippen LogP contribution in [0.15, 0.2) is 10.5 Å². The highest BCUT2D eigenvalue weighted by Gasteiger charge is 2.24. The first kappa shape index (κ1) is 20.1. The van der Waals surface area contributed by atoms with Crippen molar-refractivity contribution >= 4 is 44.3 Å². The molecule has 1 aromatic heterocycles. The highest BCUT2D eigenvalue weighted by molar-refractivity contribution is 9.10. The zero-order valence-electron chi connectivity index (χ0n) is 16.1. The first-order chi connectivity index (χ1) is 13.5. The van der Waals surface area contributed by atoms with E-state index in [9.17, 15) is 4.39 Å². The Hall–Kier alpha value is -1.18. The SMILES string of the molecule is CN1CCC[C@H]1COc1nc(N2CCCCCC2)c2cc(Cl)c(Br)c(F)c2n1. The van der Waals surface area contributed by atoms with Crippen molar-refractivity contribution < 1.29 is 9.13 Å². The lowest BCUT2D eigenvalue weighted by molar-refractivity contribution is 0.188. The maximum Gasteiger partial charge on any atom is 0.319 e. The molecule has 2 aliphatic heterocycles. The van der Waals surface area contributed by atoms with Gasteiger partial charge in [-0.2, -0.15) is 9.97 Å². The summed E-state index contributed by atoms with van der Waals surface area (Å²) in [5, 5.41) is 0.962. The molecule has 0 N–H and O–H groups in total. The number of likely N-dealkylation sites (tertiary alicyclic amines) is 1. The highest BCUT2D eigenvalue weighted by atomic mass is 79.9. The fraction of sp³-hybridized carbons (Fsp3) is 0.600. The van der Waals surface area contributed by atoms with Crippen molar-refractivity contribution in [1.82, 2.24) is 14.9 Å². The summed E-state index contributed by atoms with van der Waals surface area (Å²) in [5.41, 5.74) is 0.250. The molecule has 0 unspecified atom stereocenters. The molecule has 0 spiro atoms. The minimum atomic E-state index is -0.469. The van der Waals surface area contributed by atoms with E-state index in [1.54, 1.807) is 6.07 Å². The number of likely N-dealkylation sites (N-methyl/N-ethyl adjacent to an activating group) is 1. The van der Waals surface area contributed by atoms with Gasteiger partial charge in [0.1, 0.15) is 17.9 Å². The molecule has 2 aliphatic rings. The molecular weight excluding hydrogens is 447 g/mol. The van der Waals surface area contributed by atoms with Crippen LogP contribution in [0, 0.1) is 5.82 Å². The smallest absolute Gasteiger partial charge is 0.319 e. The molecule has 0 amide bonds. The second-order valence-electron chi connectivity index (χ2n) is 7.70. The van der Waals surface area contributed by atoms with Gasteiger partial charge < -0.3 is 14.5 Å². The Bertz CT molecular complexity index is 860. The first-order valence-electron chi connectivity index (χ1n) is 9.98. The van der Waals surface area contributed by atoms with Gasteiger partial charge in [-0.1, -0.05) is 24.4 Å². The summed E-state index contributed by atoms with van der Waals surface area (Å²) in [7, 11) is 2.10. The Labute approximate surface area is 178 Å². The maximum atomic E-state index is 15.0. The maximum absolute atomic E-state index is 15.0. The van der Waals surface area contributed by atoms with Crippen molar-refractivity contribution in [3.63, 3.8) is 0 Å². The van der Waals surface area contributed by atoms with Gasteiger partial charge in [-0.15, -0.1) is 0 Å². The molecule has 28 heavy (non-hydrogen) atoms. The van der Waals surface area contributed by atoms with Crippen LogP contribution in [0.4, 0.5) is 10.2 Å². The van der Waals surface area contributed by atoms with Crippen molar-refractivity contribution in [2.75, 3.05) is 38.2 Å². The molecule has 0 bridgehead atoms. The third-order valence-corrected chi connectivity index (χ3v) is 7.07. The molecular formula is C20H25BrClFN4O. The van der Waals surface area contributed by atoms with Gasteiger partial charge in [-0.25, -0.2) is 4.39 Å². The van der Waals surface area contributed by atoms with E-state index in [-0.39, 0.29) is 16.0 Å². The van der Waals surface area contributed by atoms with Crippen LogP contribution in [0.5, 0.6) is 6.01 Å². The minimum Gasteiger partial charge on any atom is -0.462 e. The molecule has 3 heterocycles. The summed E-state index contributed by atoms with van der Waals surface area (Å²) < 4.78 is 21.1. The van der Waals surface area contributed by atoms with Gasteiger partial charge in [-0.05, 0) is 61.3 Å². The molecule has 0 aliphatic carbocycles. The molecule has 152 valence electrons. The van der Waals surface area contributed by atoms with Crippen molar-refractivity contribution in [3.05, 3.63) is 21.4 Å². The fourth-order valence-corrected chi connectivity index (χ4v) is 4.58. The number of aromatic nitrogens is 2. The Morgan fingerprint density at radius 2 is 1.93 bits per heavy atom. The summed E-state index contributed by atoms with van der Waals surface area (Å²) in [5.74, 6) is 0.249. The van der Waals surface area contributed by atoms with Crippen molar-refractivity contribution in [2.45, 2.75) is 44.6 Å². The molecule has 1 aromatic carbocycles. The van der Waals surface area contributed by atoms with Crippen LogP contribution in [0.3, 0.4) is 0 Å². The number of hydrogen-bond donors (Lipinski definition) is 0. The summed E-state index contributed by atoms with van der Waals surface area (Å²) in [6, 6.07) is 2.33. The lowest BCUT2D eigenvalue weighted by atomic mass is 10.2. The molecule has 0 saturated carbocycles. The van der Waals surface area contributed by atoms with Gasteiger partial charge in [0.05, 0.1) is 9.50 Å². The van der Waals surface area contributed by atoms with E-state index >= 15 is 0 Å². The van der Waals surface area contributed by atoms with E-state index in [1.807, 2.05) is 0 Å². The van der Waals surface area contributed by atoms with E-state index in [0.717, 1.165) is 44.7 Å². The van der Waals surface area contributed by atoms with Gasteiger partial charge >= 0.3 is 6.01 Å². The Balaban J connectivity index is 1.73. The number of nitrogens with zero attached hydrogens (tertiary/aromatic N) is 4. The van der Waals surface area contributed by atoms with E-state index in [0.29, 0.717) is 23.1 Å². The van der Waals surface area contributed by atoms with E-state index in [1.165, 1.54) is 19.3 Å². The number of halogens is 3. The Morgan fingerprint density at radius 3 is 2.61 bits per heavy atom. The zero-order chi connectivity index (χ0) is 19.7. The molecule has 2 aromatic rings. The van der Waals surface area contributed by atoms with Crippen LogP contribution in [0.2, 0.25) is 5.02 Å². The molecule has 8 heteroatoms. The van der Waals surface area contributed by atoms with Crippen molar-refractivity contribution in [3.8, 4) is 6.01 Å². The topological polar surface area (TPSA) is 41.5 Å². The third kappa shape index (κ3) is 4.07. The monoisotopic (exact) mass is 470 g/mol. The van der Waals surface area contributed by atoms with Crippen LogP contribution in [0.25, 0.3) is 10.9 Å². The van der Waals surface area contributed by atoms with Gasteiger partial charge in [0, 0.05) is 24.5 Å². The number of anilines is 1. The molecule has 1 atom stereocenters. The standard InChI is InChI=1S/C20H25BrClFN4O/c1-26-8-6-7-13(26)12-28-20-24-18-14(11-15(22)16(21)17(18)23)19(25-20)27-9-4-2-3-5-10-27/h11,13H,2-10,12H2,1H3/t13-/m0/s1. The summed E-state index contributed by atoms with van der Waals surface area (Å²) in [6.45, 7) is 3.38. The lowest BCUT2D eigenvalue weighted by Crippen LogP contribution is -2.31. The van der Waals surface area contributed by atoms with Crippen LogP contribution >= 0.6 is 27.5 Å². The number of benzene rings is 1. The van der Waals surface area contributed by atoms with Crippen LogP contribution in [0.1, 0.15) is 38.5 Å². The molecule has 4 rings (SSSR count). The number of rotatable bonds is 4. The van der Waals surface area contributed by atoms with Gasteiger partial charge in [0.15, 0.2) is 5.82 Å². The molecule has 2 saturated heterocycles. The second kappa shape index (κ2) is 8.67. The van der Waals surface area contributed by atoms with Crippen molar-refractivity contribution in [1.29, 1.82) is 0 Å². The Kier molecular flexibility index (Phi) is 6.23. The zero-order valence-corrected chi connectivity index (χ0v) is 18.4. The quantitative estimate of drug-likeness (QED) is 0.585. The molecule has 2 fully saturated rings. The van der Waals surface area contributed by atoms with Gasteiger partial charge in [0.2, 0.25) is 0 Å².